The van der Waals surface area contributed by atoms with Crippen LogP contribution in [0.15, 0.2) is 21.8 Å². The summed E-state index contributed by atoms with van der Waals surface area (Å²) in [5, 5.41) is 18.8. The minimum absolute atomic E-state index is 0.0116. The second-order valence-corrected chi connectivity index (χ2v) is 5.13. The van der Waals surface area contributed by atoms with E-state index >= 15 is 0 Å². The van der Waals surface area contributed by atoms with E-state index in [1.54, 1.807) is 0 Å². The Morgan fingerprint density at radius 1 is 1.42 bits per heavy atom. The van der Waals surface area contributed by atoms with Crippen LogP contribution in [0.4, 0.5) is 8.78 Å². The Morgan fingerprint density at radius 3 is 2.63 bits per heavy atom. The number of hydrogen-bond acceptors (Lipinski definition) is 5. The maximum absolute atomic E-state index is 13.7. The number of carboxylic acids is 1. The number of aromatic nitrogens is 4. The number of tetrazole rings is 1. The van der Waals surface area contributed by atoms with Crippen LogP contribution in [0.2, 0.25) is 0 Å². The van der Waals surface area contributed by atoms with Crippen molar-refractivity contribution >= 4 is 33.7 Å². The number of aliphatic carboxylic acids is 1. The van der Waals surface area contributed by atoms with Crippen molar-refractivity contribution in [1.82, 2.24) is 20.2 Å². The van der Waals surface area contributed by atoms with E-state index in [1.807, 2.05) is 0 Å². The highest BCUT2D eigenvalue weighted by molar-refractivity contribution is 9.10. The third-order valence-electron chi connectivity index (χ3n) is 1.96. The standard InChI is InChI=1S/C9H5BrF2N4O2S/c10-4-1-5(11)8(6(12)2-4)16-9(13-14-15-16)19-3-7(17)18/h1-2H,3H2,(H,17,18). The number of carbonyl (C=O) groups is 1. The maximum atomic E-state index is 13.7. The van der Waals surface area contributed by atoms with Crippen LogP contribution in [0, 0.1) is 11.6 Å². The summed E-state index contributed by atoms with van der Waals surface area (Å²) in [6.45, 7) is 0. The van der Waals surface area contributed by atoms with Crippen molar-refractivity contribution in [3.63, 3.8) is 0 Å². The monoisotopic (exact) mass is 350 g/mol. The van der Waals surface area contributed by atoms with Crippen molar-refractivity contribution in [2.24, 2.45) is 0 Å². The van der Waals surface area contributed by atoms with Gasteiger partial charge in [-0.05, 0) is 22.6 Å². The summed E-state index contributed by atoms with van der Waals surface area (Å²) in [7, 11) is 0. The summed E-state index contributed by atoms with van der Waals surface area (Å²) in [6, 6.07) is 2.12. The molecule has 100 valence electrons. The van der Waals surface area contributed by atoms with E-state index in [4.69, 9.17) is 5.11 Å². The van der Waals surface area contributed by atoms with Crippen molar-refractivity contribution in [2.45, 2.75) is 5.16 Å². The molecule has 2 aromatic rings. The van der Waals surface area contributed by atoms with Gasteiger partial charge in [-0.1, -0.05) is 27.7 Å². The van der Waals surface area contributed by atoms with Gasteiger partial charge in [0.25, 0.3) is 0 Å². The van der Waals surface area contributed by atoms with Crippen LogP contribution in [-0.2, 0) is 4.79 Å². The molecule has 1 heterocycles. The molecule has 0 atom stereocenters. The van der Waals surface area contributed by atoms with Gasteiger partial charge in [0.05, 0.1) is 5.75 Å². The Hall–Kier alpha value is -1.55. The Balaban J connectivity index is 2.43. The molecule has 0 aliphatic heterocycles. The first kappa shape index (κ1) is 13.9. The lowest BCUT2D eigenvalue weighted by Gasteiger charge is -2.06. The van der Waals surface area contributed by atoms with E-state index in [-0.39, 0.29) is 15.4 Å². The van der Waals surface area contributed by atoms with Crippen molar-refractivity contribution in [3.8, 4) is 5.69 Å². The molecule has 0 amide bonds. The highest BCUT2D eigenvalue weighted by Gasteiger charge is 2.18. The van der Waals surface area contributed by atoms with E-state index in [2.05, 4.69) is 31.5 Å². The molecular formula is C9H5BrF2N4O2S. The summed E-state index contributed by atoms with van der Waals surface area (Å²) >= 11 is 3.72. The molecule has 2 rings (SSSR count). The van der Waals surface area contributed by atoms with Crippen LogP contribution in [0.25, 0.3) is 5.69 Å². The molecule has 0 saturated heterocycles. The zero-order chi connectivity index (χ0) is 14.0. The van der Waals surface area contributed by atoms with Crippen LogP contribution in [0.1, 0.15) is 0 Å². The molecule has 10 heteroatoms. The molecule has 0 unspecified atom stereocenters. The number of rotatable bonds is 4. The van der Waals surface area contributed by atoms with Crippen LogP contribution in [0.5, 0.6) is 0 Å². The van der Waals surface area contributed by atoms with Crippen molar-refractivity contribution in [1.29, 1.82) is 0 Å². The highest BCUT2D eigenvalue weighted by Crippen LogP contribution is 2.25. The van der Waals surface area contributed by atoms with Gasteiger partial charge in [0.15, 0.2) is 11.6 Å². The second-order valence-electron chi connectivity index (χ2n) is 3.27. The number of benzene rings is 1. The fraction of sp³-hybridized carbons (Fsp3) is 0.111. The molecule has 19 heavy (non-hydrogen) atoms. The largest absolute Gasteiger partial charge is 0.481 e. The second kappa shape index (κ2) is 5.61. The van der Waals surface area contributed by atoms with Gasteiger partial charge in [0.1, 0.15) is 5.69 Å². The lowest BCUT2D eigenvalue weighted by atomic mass is 10.3. The molecule has 0 radical (unpaired) electrons. The van der Waals surface area contributed by atoms with E-state index < -0.39 is 23.3 Å². The SMILES string of the molecule is O=C(O)CSc1nnnn1-c1c(F)cc(Br)cc1F. The number of hydrogen-bond donors (Lipinski definition) is 1. The lowest BCUT2D eigenvalue weighted by Crippen LogP contribution is -2.07. The quantitative estimate of drug-likeness (QED) is 0.848. The molecular weight excluding hydrogens is 346 g/mol. The molecule has 0 aliphatic rings. The highest BCUT2D eigenvalue weighted by atomic mass is 79.9. The van der Waals surface area contributed by atoms with E-state index in [0.717, 1.165) is 28.6 Å². The van der Waals surface area contributed by atoms with Crippen molar-refractivity contribution in [3.05, 3.63) is 28.2 Å². The Kier molecular flexibility index (Phi) is 4.10. The van der Waals surface area contributed by atoms with E-state index in [0.29, 0.717) is 0 Å². The number of halogens is 3. The molecule has 1 aromatic heterocycles. The molecule has 0 spiro atoms. The van der Waals surface area contributed by atoms with Crippen molar-refractivity contribution in [2.75, 3.05) is 5.75 Å². The first-order valence-electron chi connectivity index (χ1n) is 4.77. The van der Waals surface area contributed by atoms with Gasteiger partial charge in [0, 0.05) is 4.47 Å². The van der Waals surface area contributed by atoms with Crippen LogP contribution >= 0.6 is 27.7 Å². The molecule has 1 N–H and O–H groups in total. The average Bonchev–Trinajstić information content (AvgIpc) is 2.73. The van der Waals surface area contributed by atoms with Crippen LogP contribution < -0.4 is 0 Å². The minimum atomic E-state index is -1.09. The molecule has 0 aliphatic carbocycles. The van der Waals surface area contributed by atoms with Gasteiger partial charge in [-0.25, -0.2) is 8.78 Å². The molecule has 6 nitrogen and oxygen atoms in total. The van der Waals surface area contributed by atoms with Gasteiger partial charge >= 0.3 is 5.97 Å². The molecule has 0 fully saturated rings. The number of carboxylic acid groups (broad SMARTS) is 1. The molecule has 0 bridgehead atoms. The minimum Gasteiger partial charge on any atom is -0.481 e. The van der Waals surface area contributed by atoms with Gasteiger partial charge < -0.3 is 5.11 Å². The summed E-state index contributed by atoms with van der Waals surface area (Å²) < 4.78 is 28.5. The Labute approximate surface area is 117 Å². The van der Waals surface area contributed by atoms with Gasteiger partial charge in [-0.2, -0.15) is 4.68 Å². The molecule has 0 saturated carbocycles. The zero-order valence-corrected chi connectivity index (χ0v) is 11.5. The first-order valence-corrected chi connectivity index (χ1v) is 6.55. The third kappa shape index (κ3) is 3.07. The fourth-order valence-electron chi connectivity index (χ4n) is 1.27. The summed E-state index contributed by atoms with van der Waals surface area (Å²) in [5.41, 5.74) is -0.457. The number of thioether (sulfide) groups is 1. The Morgan fingerprint density at radius 2 is 2.05 bits per heavy atom. The van der Waals surface area contributed by atoms with Crippen molar-refractivity contribution < 1.29 is 18.7 Å². The lowest BCUT2D eigenvalue weighted by molar-refractivity contribution is -0.133. The van der Waals surface area contributed by atoms with E-state index in [9.17, 15) is 13.6 Å². The van der Waals surface area contributed by atoms with Gasteiger partial charge in [-0.3, -0.25) is 4.79 Å². The summed E-state index contributed by atoms with van der Waals surface area (Å²) in [6.07, 6.45) is 0. The normalized spacial score (nSPS) is 10.7. The zero-order valence-electron chi connectivity index (χ0n) is 9.05. The van der Waals surface area contributed by atoms with Gasteiger partial charge in [-0.15, -0.1) is 5.10 Å². The fourth-order valence-corrected chi connectivity index (χ4v) is 2.27. The number of nitrogens with zero attached hydrogens (tertiary/aromatic N) is 4. The maximum Gasteiger partial charge on any atom is 0.313 e. The van der Waals surface area contributed by atoms with Gasteiger partial charge in [0.2, 0.25) is 5.16 Å². The molecule has 1 aromatic carbocycles. The first-order chi connectivity index (χ1) is 8.99. The van der Waals surface area contributed by atoms with Crippen LogP contribution in [-0.4, -0.2) is 37.0 Å². The van der Waals surface area contributed by atoms with Crippen LogP contribution in [0.3, 0.4) is 0 Å². The predicted molar refractivity (Wildman–Crippen MR) is 65.1 cm³/mol. The summed E-state index contributed by atoms with van der Waals surface area (Å²) in [4.78, 5) is 10.5. The Bertz CT molecular complexity index is 613. The average molecular weight is 351 g/mol. The summed E-state index contributed by atoms with van der Waals surface area (Å²) in [5.74, 6) is -3.14. The van der Waals surface area contributed by atoms with E-state index in [1.165, 1.54) is 0 Å². The third-order valence-corrected chi connectivity index (χ3v) is 3.32. The topological polar surface area (TPSA) is 80.9 Å². The predicted octanol–water partition coefficient (Wildman–Crippen LogP) is 1.88. The smallest absolute Gasteiger partial charge is 0.313 e.